The van der Waals surface area contributed by atoms with Crippen LogP contribution in [0.15, 0.2) is 30.3 Å². The van der Waals surface area contributed by atoms with E-state index in [0.29, 0.717) is 0 Å². The van der Waals surface area contributed by atoms with Crippen LogP contribution in [0.2, 0.25) is 0 Å². The molecule has 4 heteroatoms. The number of nitrogens with two attached hydrogens (primary N) is 1. The molecule has 112 valence electrons. The van der Waals surface area contributed by atoms with E-state index < -0.39 is 0 Å². The van der Waals surface area contributed by atoms with Crippen LogP contribution < -0.4 is 16.0 Å². The molecule has 0 bridgehead atoms. The second kappa shape index (κ2) is 6.77. The molecule has 0 aliphatic carbocycles. The fraction of sp³-hybridized carbons (Fsp3) is 0.294. The predicted molar refractivity (Wildman–Crippen MR) is 95.5 cm³/mol. The molecule has 0 saturated carbocycles. The highest BCUT2D eigenvalue weighted by atomic mass is 127. The predicted octanol–water partition coefficient (Wildman–Crippen LogP) is 3.78. The summed E-state index contributed by atoms with van der Waals surface area (Å²) in [4.78, 5) is 0. The van der Waals surface area contributed by atoms with Gasteiger partial charge in [0.15, 0.2) is 0 Å². The molecule has 0 aliphatic rings. The van der Waals surface area contributed by atoms with Crippen LogP contribution in [0.1, 0.15) is 33.9 Å². The van der Waals surface area contributed by atoms with Crippen molar-refractivity contribution in [1.82, 2.24) is 5.43 Å². The van der Waals surface area contributed by atoms with Crippen LogP contribution >= 0.6 is 22.6 Å². The average Bonchev–Trinajstić information content (AvgIpc) is 2.48. The van der Waals surface area contributed by atoms with E-state index in [4.69, 9.17) is 10.6 Å². The lowest BCUT2D eigenvalue weighted by atomic mass is 9.94. The van der Waals surface area contributed by atoms with Gasteiger partial charge < -0.3 is 4.74 Å². The summed E-state index contributed by atoms with van der Waals surface area (Å²) < 4.78 is 6.85. The van der Waals surface area contributed by atoms with Gasteiger partial charge in [-0.2, -0.15) is 0 Å². The Bertz CT molecular complexity index is 655. The Morgan fingerprint density at radius 3 is 2.38 bits per heavy atom. The van der Waals surface area contributed by atoms with Crippen molar-refractivity contribution in [3.63, 3.8) is 0 Å². The highest BCUT2D eigenvalue weighted by Gasteiger charge is 2.21. The van der Waals surface area contributed by atoms with Gasteiger partial charge in [0.2, 0.25) is 0 Å². The van der Waals surface area contributed by atoms with Crippen LogP contribution in [-0.4, -0.2) is 7.11 Å². The molecule has 2 rings (SSSR count). The van der Waals surface area contributed by atoms with Crippen molar-refractivity contribution in [3.8, 4) is 5.75 Å². The summed E-state index contributed by atoms with van der Waals surface area (Å²) in [5.74, 6) is 6.76. The van der Waals surface area contributed by atoms with Gasteiger partial charge >= 0.3 is 0 Å². The first-order chi connectivity index (χ1) is 10.0. The van der Waals surface area contributed by atoms with Crippen molar-refractivity contribution < 1.29 is 4.74 Å². The Kier molecular flexibility index (Phi) is 5.24. The Morgan fingerprint density at radius 2 is 1.76 bits per heavy atom. The van der Waals surface area contributed by atoms with Gasteiger partial charge in [0.25, 0.3) is 0 Å². The molecule has 1 unspecified atom stereocenters. The minimum Gasteiger partial charge on any atom is -0.496 e. The molecule has 0 saturated heterocycles. The summed E-state index contributed by atoms with van der Waals surface area (Å²) in [5, 5.41) is 0. The topological polar surface area (TPSA) is 47.3 Å². The summed E-state index contributed by atoms with van der Waals surface area (Å²) in [6, 6.07) is 10.4. The number of benzene rings is 2. The van der Waals surface area contributed by atoms with E-state index in [0.717, 1.165) is 16.9 Å². The maximum absolute atomic E-state index is 5.86. The molecule has 0 radical (unpaired) electrons. The van der Waals surface area contributed by atoms with Gasteiger partial charge in [-0.3, -0.25) is 5.84 Å². The lowest BCUT2D eigenvalue weighted by Gasteiger charge is -2.23. The van der Waals surface area contributed by atoms with Crippen LogP contribution in [0, 0.1) is 24.3 Å². The first-order valence-corrected chi connectivity index (χ1v) is 7.94. The third-order valence-electron chi connectivity index (χ3n) is 3.92. The molecule has 3 N–H and O–H groups in total. The smallest absolute Gasteiger partial charge is 0.127 e. The van der Waals surface area contributed by atoms with Crippen LogP contribution in [0.4, 0.5) is 0 Å². The van der Waals surface area contributed by atoms with E-state index in [1.807, 2.05) is 0 Å². The first kappa shape index (κ1) is 16.3. The molecule has 0 aliphatic heterocycles. The van der Waals surface area contributed by atoms with Crippen LogP contribution in [-0.2, 0) is 0 Å². The number of rotatable bonds is 4. The normalized spacial score (nSPS) is 12.3. The Morgan fingerprint density at radius 1 is 1.05 bits per heavy atom. The maximum Gasteiger partial charge on any atom is 0.127 e. The molecular formula is C17H21IN2O. The number of aryl methyl sites for hydroxylation is 2. The summed E-state index contributed by atoms with van der Waals surface area (Å²) in [5.41, 5.74) is 8.78. The van der Waals surface area contributed by atoms with Crippen molar-refractivity contribution >= 4 is 22.6 Å². The van der Waals surface area contributed by atoms with Gasteiger partial charge in [0, 0.05) is 9.13 Å². The van der Waals surface area contributed by atoms with Crippen molar-refractivity contribution in [2.75, 3.05) is 7.11 Å². The lowest BCUT2D eigenvalue weighted by molar-refractivity contribution is 0.400. The molecule has 0 heterocycles. The molecule has 2 aromatic carbocycles. The zero-order chi connectivity index (χ0) is 15.6. The number of hydrazine groups is 1. The lowest BCUT2D eigenvalue weighted by Crippen LogP contribution is -2.30. The third kappa shape index (κ3) is 3.07. The minimum absolute atomic E-state index is 0.0916. The zero-order valence-corrected chi connectivity index (χ0v) is 15.0. The second-order valence-electron chi connectivity index (χ2n) is 5.21. The quantitative estimate of drug-likeness (QED) is 0.470. The van der Waals surface area contributed by atoms with Gasteiger partial charge in [-0.15, -0.1) is 0 Å². The molecule has 0 spiro atoms. The van der Waals surface area contributed by atoms with Crippen molar-refractivity contribution in [1.29, 1.82) is 0 Å². The van der Waals surface area contributed by atoms with Gasteiger partial charge in [0.1, 0.15) is 5.75 Å². The van der Waals surface area contributed by atoms with E-state index in [1.54, 1.807) is 7.11 Å². The molecule has 3 nitrogen and oxygen atoms in total. The number of halogens is 1. The van der Waals surface area contributed by atoms with Crippen molar-refractivity contribution in [2.45, 2.75) is 26.8 Å². The van der Waals surface area contributed by atoms with Crippen LogP contribution in [0.3, 0.4) is 0 Å². The maximum atomic E-state index is 5.86. The van der Waals surface area contributed by atoms with Crippen molar-refractivity contribution in [3.05, 3.63) is 61.7 Å². The number of ether oxygens (including phenoxy) is 1. The second-order valence-corrected chi connectivity index (χ2v) is 6.29. The highest BCUT2D eigenvalue weighted by molar-refractivity contribution is 14.1. The summed E-state index contributed by atoms with van der Waals surface area (Å²) in [6.45, 7) is 6.27. The minimum atomic E-state index is -0.0916. The number of methoxy groups -OCH3 is 1. The zero-order valence-electron chi connectivity index (χ0n) is 12.8. The van der Waals surface area contributed by atoms with Gasteiger partial charge in [-0.05, 0) is 65.6 Å². The SMILES string of the molecule is COc1c(C(NN)c2cccc(C)c2I)ccc(C)c1C. The van der Waals surface area contributed by atoms with Gasteiger partial charge in [0.05, 0.1) is 13.2 Å². The number of nitrogens with one attached hydrogen (secondary N) is 1. The standard InChI is InChI=1S/C17H21IN2O/c1-10-8-9-14(17(21-4)12(10)3)16(20-19)13-7-5-6-11(2)15(13)18/h5-9,16,20H,19H2,1-4H3. The first-order valence-electron chi connectivity index (χ1n) is 6.86. The molecule has 0 amide bonds. The molecule has 1 atom stereocenters. The molecule has 21 heavy (non-hydrogen) atoms. The average molecular weight is 396 g/mol. The van der Waals surface area contributed by atoms with E-state index in [-0.39, 0.29) is 6.04 Å². The van der Waals surface area contributed by atoms with Gasteiger partial charge in [-0.1, -0.05) is 30.3 Å². The number of hydrogen-bond donors (Lipinski definition) is 2. The fourth-order valence-electron chi connectivity index (χ4n) is 2.55. The molecule has 0 aromatic heterocycles. The summed E-state index contributed by atoms with van der Waals surface area (Å²) in [7, 11) is 1.71. The van der Waals surface area contributed by atoms with Crippen LogP contribution in [0.5, 0.6) is 5.75 Å². The molecular weight excluding hydrogens is 375 g/mol. The monoisotopic (exact) mass is 396 g/mol. The van der Waals surface area contributed by atoms with E-state index in [2.05, 4.69) is 79.1 Å². The highest BCUT2D eigenvalue weighted by Crippen LogP contribution is 2.35. The van der Waals surface area contributed by atoms with Gasteiger partial charge in [-0.25, -0.2) is 5.43 Å². The van der Waals surface area contributed by atoms with Crippen molar-refractivity contribution in [2.24, 2.45) is 5.84 Å². The summed E-state index contributed by atoms with van der Waals surface area (Å²) in [6.07, 6.45) is 0. The summed E-state index contributed by atoms with van der Waals surface area (Å²) >= 11 is 2.37. The third-order valence-corrected chi connectivity index (χ3v) is 5.40. The molecule has 2 aromatic rings. The largest absolute Gasteiger partial charge is 0.496 e. The van der Waals surface area contributed by atoms with Crippen LogP contribution in [0.25, 0.3) is 0 Å². The Balaban J connectivity index is 2.62. The Labute approximate surface area is 140 Å². The molecule has 0 fully saturated rings. The fourth-order valence-corrected chi connectivity index (χ4v) is 3.22. The number of hydrogen-bond acceptors (Lipinski definition) is 3. The van der Waals surface area contributed by atoms with E-state index >= 15 is 0 Å². The van der Waals surface area contributed by atoms with E-state index in [9.17, 15) is 0 Å². The Hall–Kier alpha value is -1.11. The van der Waals surface area contributed by atoms with E-state index in [1.165, 1.54) is 20.3 Å².